The molecule has 1 aliphatic heterocycles. The van der Waals surface area contributed by atoms with Crippen molar-refractivity contribution in [3.63, 3.8) is 0 Å². The SMILES string of the molecule is COc1ccccc1CNC(=O)C1CN(S(=O)(=O)c2ccc(C)cc2)c2ccc(C)cc2O1. The average molecular weight is 467 g/mol. The Morgan fingerprint density at radius 2 is 1.76 bits per heavy atom. The highest BCUT2D eigenvalue weighted by Crippen LogP contribution is 2.37. The van der Waals surface area contributed by atoms with E-state index in [1.165, 1.54) is 4.31 Å². The van der Waals surface area contributed by atoms with Crippen molar-refractivity contribution >= 4 is 21.6 Å². The summed E-state index contributed by atoms with van der Waals surface area (Å²) in [5.41, 5.74) is 3.08. The van der Waals surface area contributed by atoms with Gasteiger partial charge in [0.15, 0.2) is 6.10 Å². The third-order valence-electron chi connectivity index (χ3n) is 5.53. The number of anilines is 1. The van der Waals surface area contributed by atoms with Crippen LogP contribution in [-0.2, 0) is 21.4 Å². The molecular formula is C25H26N2O5S. The maximum absolute atomic E-state index is 13.5. The maximum Gasteiger partial charge on any atom is 0.264 e. The number of hydrogen-bond acceptors (Lipinski definition) is 5. The van der Waals surface area contributed by atoms with Gasteiger partial charge in [0.1, 0.15) is 11.5 Å². The minimum absolute atomic E-state index is 0.135. The zero-order valence-corrected chi connectivity index (χ0v) is 19.6. The predicted octanol–water partition coefficient (Wildman–Crippen LogP) is 3.58. The van der Waals surface area contributed by atoms with Crippen molar-refractivity contribution in [2.24, 2.45) is 0 Å². The number of rotatable bonds is 6. The zero-order chi connectivity index (χ0) is 23.6. The van der Waals surface area contributed by atoms with Crippen LogP contribution >= 0.6 is 0 Å². The summed E-state index contributed by atoms with van der Waals surface area (Å²) < 4.78 is 39.5. The normalized spacial score (nSPS) is 15.4. The molecule has 33 heavy (non-hydrogen) atoms. The van der Waals surface area contributed by atoms with Crippen molar-refractivity contribution in [1.82, 2.24) is 5.32 Å². The van der Waals surface area contributed by atoms with E-state index in [-0.39, 0.29) is 18.0 Å². The third-order valence-corrected chi connectivity index (χ3v) is 7.33. The fraction of sp³-hybridized carbons (Fsp3) is 0.240. The first kappa shape index (κ1) is 22.7. The highest BCUT2D eigenvalue weighted by atomic mass is 32.2. The van der Waals surface area contributed by atoms with Gasteiger partial charge in [0, 0.05) is 12.1 Å². The summed E-state index contributed by atoms with van der Waals surface area (Å²) >= 11 is 0. The number of hydrogen-bond donors (Lipinski definition) is 1. The molecule has 8 heteroatoms. The van der Waals surface area contributed by atoms with Gasteiger partial charge in [0.05, 0.1) is 24.2 Å². The van der Waals surface area contributed by atoms with Crippen molar-refractivity contribution in [3.8, 4) is 11.5 Å². The Morgan fingerprint density at radius 1 is 1.06 bits per heavy atom. The minimum Gasteiger partial charge on any atom is -0.496 e. The summed E-state index contributed by atoms with van der Waals surface area (Å²) in [6.45, 7) is 3.87. The molecule has 0 fully saturated rings. The number of amides is 1. The van der Waals surface area contributed by atoms with Crippen LogP contribution in [0.1, 0.15) is 16.7 Å². The summed E-state index contributed by atoms with van der Waals surface area (Å²) in [7, 11) is -2.33. The molecule has 1 unspecified atom stereocenters. The number of carbonyl (C=O) groups is 1. The summed E-state index contributed by atoms with van der Waals surface area (Å²) in [6.07, 6.45) is -1.01. The molecule has 4 rings (SSSR count). The molecule has 0 radical (unpaired) electrons. The van der Waals surface area contributed by atoms with E-state index in [4.69, 9.17) is 9.47 Å². The first-order chi connectivity index (χ1) is 15.8. The van der Waals surface area contributed by atoms with Crippen LogP contribution in [0.3, 0.4) is 0 Å². The molecule has 7 nitrogen and oxygen atoms in total. The second-order valence-electron chi connectivity index (χ2n) is 7.96. The van der Waals surface area contributed by atoms with Gasteiger partial charge in [-0.2, -0.15) is 0 Å². The number of ether oxygens (including phenoxy) is 2. The first-order valence-corrected chi connectivity index (χ1v) is 12.0. The lowest BCUT2D eigenvalue weighted by atomic mass is 10.1. The van der Waals surface area contributed by atoms with Gasteiger partial charge >= 0.3 is 0 Å². The number of para-hydroxylation sites is 1. The maximum atomic E-state index is 13.5. The van der Waals surface area contributed by atoms with Gasteiger partial charge < -0.3 is 14.8 Å². The van der Waals surface area contributed by atoms with Gasteiger partial charge in [-0.3, -0.25) is 9.10 Å². The molecule has 0 spiro atoms. The molecule has 0 aromatic heterocycles. The molecule has 0 bridgehead atoms. The van der Waals surface area contributed by atoms with Crippen LogP contribution in [0.4, 0.5) is 5.69 Å². The minimum atomic E-state index is -3.90. The second-order valence-corrected chi connectivity index (χ2v) is 9.82. The van der Waals surface area contributed by atoms with Gasteiger partial charge in [0.2, 0.25) is 0 Å². The Balaban J connectivity index is 1.62. The average Bonchev–Trinajstić information content (AvgIpc) is 2.82. The molecule has 3 aromatic rings. The topological polar surface area (TPSA) is 84.9 Å². The third kappa shape index (κ3) is 4.66. The Morgan fingerprint density at radius 3 is 2.48 bits per heavy atom. The molecular weight excluding hydrogens is 440 g/mol. The molecule has 1 heterocycles. The highest BCUT2D eigenvalue weighted by Gasteiger charge is 2.37. The summed E-state index contributed by atoms with van der Waals surface area (Å²) in [5.74, 6) is 0.610. The van der Waals surface area contributed by atoms with Crippen LogP contribution in [0.2, 0.25) is 0 Å². The Kier molecular flexibility index (Phi) is 6.29. The van der Waals surface area contributed by atoms with Crippen molar-refractivity contribution in [2.75, 3.05) is 18.0 Å². The largest absolute Gasteiger partial charge is 0.496 e. The van der Waals surface area contributed by atoms with Crippen molar-refractivity contribution in [3.05, 3.63) is 83.4 Å². The predicted molar refractivity (Wildman–Crippen MR) is 126 cm³/mol. The number of nitrogens with zero attached hydrogens (tertiary/aromatic N) is 1. The molecule has 1 amide bonds. The molecule has 0 aliphatic carbocycles. The molecule has 3 aromatic carbocycles. The van der Waals surface area contributed by atoms with Gasteiger partial charge in [-0.1, -0.05) is 42.0 Å². The van der Waals surface area contributed by atoms with E-state index in [2.05, 4.69) is 5.32 Å². The van der Waals surface area contributed by atoms with Crippen LogP contribution in [0, 0.1) is 13.8 Å². The van der Waals surface area contributed by atoms with E-state index in [0.717, 1.165) is 16.7 Å². The number of methoxy groups -OCH3 is 1. The number of nitrogens with one attached hydrogen (secondary N) is 1. The molecule has 1 N–H and O–H groups in total. The molecule has 1 aliphatic rings. The van der Waals surface area contributed by atoms with Crippen molar-refractivity contribution in [1.29, 1.82) is 0 Å². The van der Waals surface area contributed by atoms with E-state index in [1.54, 1.807) is 43.5 Å². The number of fused-ring (bicyclic) bond motifs is 1. The number of sulfonamides is 1. The van der Waals surface area contributed by atoms with E-state index in [0.29, 0.717) is 17.2 Å². The van der Waals surface area contributed by atoms with Crippen LogP contribution in [0.15, 0.2) is 71.6 Å². The van der Waals surface area contributed by atoms with Crippen molar-refractivity contribution < 1.29 is 22.7 Å². The van der Waals surface area contributed by atoms with E-state index >= 15 is 0 Å². The Labute approximate surface area is 194 Å². The van der Waals surface area contributed by atoms with E-state index in [1.807, 2.05) is 44.2 Å². The molecule has 172 valence electrons. The smallest absolute Gasteiger partial charge is 0.264 e. The highest BCUT2D eigenvalue weighted by molar-refractivity contribution is 7.92. The monoisotopic (exact) mass is 466 g/mol. The first-order valence-electron chi connectivity index (χ1n) is 10.6. The molecule has 1 atom stereocenters. The van der Waals surface area contributed by atoms with Gasteiger partial charge in [0.25, 0.3) is 15.9 Å². The standard InChI is InChI=1S/C25H26N2O5S/c1-17-8-11-20(12-9-17)33(29,30)27-16-24(32-23-14-18(2)10-13-21(23)27)25(28)26-15-19-6-4-5-7-22(19)31-3/h4-14,24H,15-16H2,1-3H3,(H,26,28). The van der Waals surface area contributed by atoms with Crippen LogP contribution < -0.4 is 19.1 Å². The van der Waals surface area contributed by atoms with E-state index in [9.17, 15) is 13.2 Å². The van der Waals surface area contributed by atoms with Gasteiger partial charge in [-0.05, 0) is 49.7 Å². The lowest BCUT2D eigenvalue weighted by Gasteiger charge is -2.35. The fourth-order valence-corrected chi connectivity index (χ4v) is 5.18. The summed E-state index contributed by atoms with van der Waals surface area (Å²) in [5, 5.41) is 2.84. The number of benzene rings is 3. The quantitative estimate of drug-likeness (QED) is 0.600. The summed E-state index contributed by atoms with van der Waals surface area (Å²) in [6, 6.07) is 19.3. The van der Waals surface area contributed by atoms with Gasteiger partial charge in [-0.25, -0.2) is 8.42 Å². The lowest BCUT2D eigenvalue weighted by molar-refractivity contribution is -0.127. The number of carbonyl (C=O) groups excluding carboxylic acids is 1. The Hall–Kier alpha value is -3.52. The number of aryl methyl sites for hydroxylation is 2. The zero-order valence-electron chi connectivity index (χ0n) is 18.7. The van der Waals surface area contributed by atoms with Crippen LogP contribution in [-0.4, -0.2) is 34.1 Å². The van der Waals surface area contributed by atoms with Crippen LogP contribution in [0.5, 0.6) is 11.5 Å². The van der Waals surface area contributed by atoms with Crippen molar-refractivity contribution in [2.45, 2.75) is 31.4 Å². The summed E-state index contributed by atoms with van der Waals surface area (Å²) in [4.78, 5) is 13.2. The fourth-order valence-electron chi connectivity index (χ4n) is 3.71. The van der Waals surface area contributed by atoms with Crippen LogP contribution in [0.25, 0.3) is 0 Å². The molecule has 0 saturated carbocycles. The lowest BCUT2D eigenvalue weighted by Crippen LogP contribution is -2.50. The van der Waals surface area contributed by atoms with E-state index < -0.39 is 22.0 Å². The Bertz CT molecular complexity index is 1270. The second kappa shape index (κ2) is 9.15. The van der Waals surface area contributed by atoms with Gasteiger partial charge in [-0.15, -0.1) is 0 Å². The molecule has 0 saturated heterocycles.